The van der Waals surface area contributed by atoms with E-state index in [0.29, 0.717) is 0 Å². The molecule has 0 bridgehead atoms. The van der Waals surface area contributed by atoms with E-state index in [4.69, 9.17) is 0 Å². The first-order chi connectivity index (χ1) is 7.68. The van der Waals surface area contributed by atoms with Crippen molar-refractivity contribution in [3.05, 3.63) is 48.1 Å². The Bertz CT molecular complexity index is 511. The van der Waals surface area contributed by atoms with Crippen LogP contribution in [-0.2, 0) is 6.54 Å². The average molecular weight is 223 g/mol. The number of aromatic nitrogens is 3. The van der Waals surface area contributed by atoms with E-state index in [1.165, 1.54) is 29.5 Å². The molecule has 2 rings (SSSR count). The lowest BCUT2D eigenvalue weighted by molar-refractivity contribution is 0.0962. The van der Waals surface area contributed by atoms with Gasteiger partial charge in [0.25, 0.3) is 0 Å². The summed E-state index contributed by atoms with van der Waals surface area (Å²) in [5.74, 6) is -2.72. The van der Waals surface area contributed by atoms with Crippen LogP contribution in [0.4, 0.5) is 8.78 Å². The lowest BCUT2D eigenvalue weighted by Crippen LogP contribution is -2.13. The summed E-state index contributed by atoms with van der Waals surface area (Å²) < 4.78 is 27.3. The number of hydrogen-bond acceptors (Lipinski definition) is 3. The van der Waals surface area contributed by atoms with E-state index in [2.05, 4.69) is 10.1 Å². The number of halogens is 2. The van der Waals surface area contributed by atoms with Gasteiger partial charge in [-0.15, -0.1) is 0 Å². The van der Waals surface area contributed by atoms with Crippen LogP contribution in [0.1, 0.15) is 10.4 Å². The molecule has 0 amide bonds. The predicted molar refractivity (Wildman–Crippen MR) is 50.7 cm³/mol. The molecule has 0 aliphatic rings. The Morgan fingerprint density at radius 1 is 1.38 bits per heavy atom. The van der Waals surface area contributed by atoms with Crippen LogP contribution in [0.25, 0.3) is 0 Å². The highest BCUT2D eigenvalue weighted by Gasteiger charge is 2.15. The van der Waals surface area contributed by atoms with E-state index in [-0.39, 0.29) is 12.1 Å². The van der Waals surface area contributed by atoms with Crippen molar-refractivity contribution in [1.29, 1.82) is 0 Å². The third-order valence-corrected chi connectivity index (χ3v) is 2.02. The van der Waals surface area contributed by atoms with Crippen LogP contribution in [0, 0.1) is 11.6 Å². The maximum atomic E-state index is 13.2. The maximum Gasteiger partial charge on any atom is 0.187 e. The van der Waals surface area contributed by atoms with Crippen molar-refractivity contribution < 1.29 is 13.6 Å². The lowest BCUT2D eigenvalue weighted by Gasteiger charge is -2.02. The second kappa shape index (κ2) is 4.18. The highest BCUT2D eigenvalue weighted by molar-refractivity contribution is 5.96. The van der Waals surface area contributed by atoms with Gasteiger partial charge >= 0.3 is 0 Å². The molecule has 0 radical (unpaired) electrons. The van der Waals surface area contributed by atoms with Crippen molar-refractivity contribution in [3.8, 4) is 0 Å². The first-order valence-corrected chi connectivity index (χ1v) is 4.48. The fraction of sp³-hybridized carbons (Fsp3) is 0.100. The van der Waals surface area contributed by atoms with Gasteiger partial charge in [-0.25, -0.2) is 18.4 Å². The Kier molecular flexibility index (Phi) is 2.72. The SMILES string of the molecule is O=C(Cn1cncn1)c1cccc(F)c1F. The number of Topliss-reactive ketones (excluding diaryl/α,β-unsaturated/α-hetero) is 1. The summed E-state index contributed by atoms with van der Waals surface area (Å²) in [5, 5.41) is 3.70. The zero-order chi connectivity index (χ0) is 11.5. The summed E-state index contributed by atoms with van der Waals surface area (Å²) in [6.45, 7) is -0.166. The Morgan fingerprint density at radius 2 is 2.19 bits per heavy atom. The van der Waals surface area contributed by atoms with E-state index in [1.54, 1.807) is 0 Å². The molecule has 82 valence electrons. The summed E-state index contributed by atoms with van der Waals surface area (Å²) >= 11 is 0. The highest BCUT2D eigenvalue weighted by atomic mass is 19.2. The van der Waals surface area contributed by atoms with Crippen molar-refractivity contribution in [2.45, 2.75) is 6.54 Å². The maximum absolute atomic E-state index is 13.2. The van der Waals surface area contributed by atoms with E-state index in [1.807, 2.05) is 0 Å². The lowest BCUT2D eigenvalue weighted by atomic mass is 10.1. The number of hydrogen-bond donors (Lipinski definition) is 0. The van der Waals surface area contributed by atoms with Gasteiger partial charge in [0.15, 0.2) is 17.4 Å². The molecule has 0 spiro atoms. The molecule has 6 heteroatoms. The van der Waals surface area contributed by atoms with E-state index < -0.39 is 17.4 Å². The molecule has 0 fully saturated rings. The molecule has 1 aromatic carbocycles. The second-order valence-electron chi connectivity index (χ2n) is 3.12. The van der Waals surface area contributed by atoms with E-state index in [0.717, 1.165) is 6.07 Å². The van der Waals surface area contributed by atoms with Gasteiger partial charge in [-0.2, -0.15) is 5.10 Å². The van der Waals surface area contributed by atoms with Crippen molar-refractivity contribution in [2.24, 2.45) is 0 Å². The normalized spacial score (nSPS) is 10.4. The number of carbonyl (C=O) groups excluding carboxylic acids is 1. The predicted octanol–water partition coefficient (Wildman–Crippen LogP) is 1.44. The Morgan fingerprint density at radius 3 is 2.88 bits per heavy atom. The summed E-state index contributed by atoms with van der Waals surface area (Å²) in [6.07, 6.45) is 2.59. The molecule has 0 saturated heterocycles. The summed E-state index contributed by atoms with van der Waals surface area (Å²) in [4.78, 5) is 15.2. The minimum atomic E-state index is -1.13. The Balaban J connectivity index is 2.24. The summed E-state index contributed by atoms with van der Waals surface area (Å²) in [6, 6.07) is 3.48. The minimum absolute atomic E-state index is 0.166. The van der Waals surface area contributed by atoms with Crippen LogP contribution in [0.3, 0.4) is 0 Å². The van der Waals surface area contributed by atoms with E-state index in [9.17, 15) is 13.6 Å². The summed E-state index contributed by atoms with van der Waals surface area (Å²) in [7, 11) is 0. The van der Waals surface area contributed by atoms with Gasteiger partial charge in [0, 0.05) is 0 Å². The zero-order valence-electron chi connectivity index (χ0n) is 8.10. The third kappa shape index (κ3) is 1.95. The highest BCUT2D eigenvalue weighted by Crippen LogP contribution is 2.12. The van der Waals surface area contributed by atoms with Crippen LogP contribution < -0.4 is 0 Å². The molecule has 0 atom stereocenters. The second-order valence-corrected chi connectivity index (χ2v) is 3.12. The fourth-order valence-corrected chi connectivity index (χ4v) is 1.27. The largest absolute Gasteiger partial charge is 0.292 e. The molecule has 0 N–H and O–H groups in total. The number of carbonyl (C=O) groups is 1. The van der Waals surface area contributed by atoms with Crippen molar-refractivity contribution in [2.75, 3.05) is 0 Å². The fourth-order valence-electron chi connectivity index (χ4n) is 1.27. The van der Waals surface area contributed by atoms with Crippen molar-refractivity contribution in [1.82, 2.24) is 14.8 Å². The first kappa shape index (κ1) is 10.4. The van der Waals surface area contributed by atoms with Gasteiger partial charge in [0.05, 0.1) is 5.56 Å². The molecule has 0 aliphatic carbocycles. The topological polar surface area (TPSA) is 47.8 Å². The standard InChI is InChI=1S/C10H7F2N3O/c11-8-3-1-2-7(10(8)12)9(16)4-15-6-13-5-14-15/h1-3,5-6H,4H2. The molecule has 1 aromatic heterocycles. The van der Waals surface area contributed by atoms with Gasteiger partial charge < -0.3 is 0 Å². The average Bonchev–Trinajstić information content (AvgIpc) is 2.74. The molecule has 16 heavy (non-hydrogen) atoms. The molecular formula is C10H7F2N3O. The first-order valence-electron chi connectivity index (χ1n) is 4.48. The van der Waals surface area contributed by atoms with Gasteiger partial charge in [0.1, 0.15) is 19.2 Å². The van der Waals surface area contributed by atoms with E-state index >= 15 is 0 Å². The van der Waals surface area contributed by atoms with Crippen LogP contribution in [0.5, 0.6) is 0 Å². The van der Waals surface area contributed by atoms with Gasteiger partial charge in [-0.05, 0) is 12.1 Å². The number of nitrogens with zero attached hydrogens (tertiary/aromatic N) is 3. The van der Waals surface area contributed by atoms with Gasteiger partial charge in [-0.1, -0.05) is 6.07 Å². The minimum Gasteiger partial charge on any atom is -0.292 e. The zero-order valence-corrected chi connectivity index (χ0v) is 8.10. The smallest absolute Gasteiger partial charge is 0.187 e. The molecule has 2 aromatic rings. The quantitative estimate of drug-likeness (QED) is 0.740. The van der Waals surface area contributed by atoms with Crippen molar-refractivity contribution in [3.63, 3.8) is 0 Å². The van der Waals surface area contributed by atoms with Crippen LogP contribution in [0.2, 0.25) is 0 Å². The molecule has 1 heterocycles. The van der Waals surface area contributed by atoms with Crippen LogP contribution in [-0.4, -0.2) is 20.5 Å². The third-order valence-electron chi connectivity index (χ3n) is 2.02. The van der Waals surface area contributed by atoms with Crippen LogP contribution >= 0.6 is 0 Å². The number of ketones is 1. The Labute approximate surface area is 89.5 Å². The van der Waals surface area contributed by atoms with Crippen molar-refractivity contribution >= 4 is 5.78 Å². The molecule has 0 aliphatic heterocycles. The number of rotatable bonds is 3. The molecule has 0 unspecified atom stereocenters. The van der Waals surface area contributed by atoms with Crippen LogP contribution in [0.15, 0.2) is 30.9 Å². The van der Waals surface area contributed by atoms with Gasteiger partial charge in [-0.3, -0.25) is 4.79 Å². The number of benzene rings is 1. The molecule has 4 nitrogen and oxygen atoms in total. The molecular weight excluding hydrogens is 216 g/mol. The monoisotopic (exact) mass is 223 g/mol. The summed E-state index contributed by atoms with van der Waals surface area (Å²) in [5.41, 5.74) is -0.282. The Hall–Kier alpha value is -2.11. The molecule has 0 saturated carbocycles. The van der Waals surface area contributed by atoms with Gasteiger partial charge in [0.2, 0.25) is 0 Å².